The largest absolute Gasteiger partial charge is 0.502 e. The van der Waals surface area contributed by atoms with Gasteiger partial charge in [0.2, 0.25) is 5.75 Å². The van der Waals surface area contributed by atoms with E-state index < -0.39 is 28.1 Å². The van der Waals surface area contributed by atoms with Gasteiger partial charge in [-0.25, -0.2) is 4.98 Å². The van der Waals surface area contributed by atoms with Crippen LogP contribution in [-0.2, 0) is 6.18 Å². The number of hydrogen-bond donors (Lipinski definition) is 2. The van der Waals surface area contributed by atoms with Gasteiger partial charge < -0.3 is 5.11 Å². The summed E-state index contributed by atoms with van der Waals surface area (Å²) in [5.41, 5.74) is 0.979. The number of pyridine rings is 1. The van der Waals surface area contributed by atoms with E-state index in [4.69, 9.17) is 0 Å². The molecular formula is C13H8BrF3N4O3. The zero-order chi connectivity index (χ0) is 17.9. The summed E-state index contributed by atoms with van der Waals surface area (Å²) in [6, 6.07) is 4.40. The highest BCUT2D eigenvalue weighted by Crippen LogP contribution is 2.32. The summed E-state index contributed by atoms with van der Waals surface area (Å²) in [7, 11) is 0. The standard InChI is InChI=1S/C13H8BrF3N4O3/c14-9-3-7(12(22)10(4-9)21(23)24)5-19-20-11-2-1-8(6-18-11)13(15,16)17/h1-6,22H,(H,18,20)/b19-5+. The molecule has 0 unspecified atom stereocenters. The van der Waals surface area contributed by atoms with Gasteiger partial charge in [0.05, 0.1) is 16.7 Å². The summed E-state index contributed by atoms with van der Waals surface area (Å²) in [6.45, 7) is 0. The number of anilines is 1. The summed E-state index contributed by atoms with van der Waals surface area (Å²) in [5.74, 6) is -0.558. The van der Waals surface area contributed by atoms with Crippen molar-refractivity contribution < 1.29 is 23.2 Å². The molecule has 0 amide bonds. The molecule has 1 heterocycles. The first-order chi connectivity index (χ1) is 11.2. The number of halogens is 4. The Morgan fingerprint density at radius 2 is 2.08 bits per heavy atom. The zero-order valence-corrected chi connectivity index (χ0v) is 13.2. The average Bonchev–Trinajstić information content (AvgIpc) is 2.49. The first kappa shape index (κ1) is 17.7. The number of nitro benzene ring substituents is 1. The number of alkyl halides is 3. The van der Waals surface area contributed by atoms with E-state index in [-0.39, 0.29) is 11.4 Å². The van der Waals surface area contributed by atoms with Gasteiger partial charge >= 0.3 is 11.9 Å². The van der Waals surface area contributed by atoms with Crippen LogP contribution < -0.4 is 5.43 Å². The number of aromatic hydroxyl groups is 1. The lowest BCUT2D eigenvalue weighted by Crippen LogP contribution is -2.05. The molecule has 11 heteroatoms. The SMILES string of the molecule is O=[N+]([O-])c1cc(Br)cc(/C=N/Nc2ccc(C(F)(F)F)cn2)c1O. The van der Waals surface area contributed by atoms with E-state index in [9.17, 15) is 28.4 Å². The van der Waals surface area contributed by atoms with Crippen LogP contribution in [0.1, 0.15) is 11.1 Å². The second-order valence-electron chi connectivity index (χ2n) is 4.42. The Morgan fingerprint density at radius 1 is 1.38 bits per heavy atom. The fraction of sp³-hybridized carbons (Fsp3) is 0.0769. The van der Waals surface area contributed by atoms with Gasteiger partial charge in [0.25, 0.3) is 0 Å². The van der Waals surface area contributed by atoms with Crippen LogP contribution in [0.2, 0.25) is 0 Å². The number of hydrazone groups is 1. The summed E-state index contributed by atoms with van der Waals surface area (Å²) >= 11 is 3.06. The fourth-order valence-corrected chi connectivity index (χ4v) is 2.10. The molecule has 0 spiro atoms. The quantitative estimate of drug-likeness (QED) is 0.456. The molecule has 0 atom stereocenters. The van der Waals surface area contributed by atoms with Crippen molar-refractivity contribution in [1.82, 2.24) is 4.98 Å². The van der Waals surface area contributed by atoms with E-state index in [0.29, 0.717) is 10.7 Å². The number of aromatic nitrogens is 1. The molecule has 0 saturated heterocycles. The third kappa shape index (κ3) is 4.19. The van der Waals surface area contributed by atoms with Crippen molar-refractivity contribution in [2.75, 3.05) is 5.43 Å². The van der Waals surface area contributed by atoms with Crippen LogP contribution in [0.15, 0.2) is 40.0 Å². The molecule has 126 valence electrons. The van der Waals surface area contributed by atoms with Gasteiger partial charge in [-0.15, -0.1) is 0 Å². The molecule has 0 aliphatic heterocycles. The van der Waals surface area contributed by atoms with Gasteiger partial charge in [0.15, 0.2) is 0 Å². The number of nitrogens with one attached hydrogen (secondary N) is 1. The van der Waals surface area contributed by atoms with Gasteiger partial charge in [0, 0.05) is 22.3 Å². The topological polar surface area (TPSA) is 101 Å². The third-order valence-electron chi connectivity index (χ3n) is 2.75. The number of rotatable bonds is 4. The van der Waals surface area contributed by atoms with Crippen molar-refractivity contribution >= 4 is 33.6 Å². The van der Waals surface area contributed by atoms with Crippen molar-refractivity contribution in [1.29, 1.82) is 0 Å². The Balaban J connectivity index is 2.16. The van der Waals surface area contributed by atoms with Gasteiger partial charge in [-0.05, 0) is 18.2 Å². The van der Waals surface area contributed by atoms with Crippen LogP contribution in [0.25, 0.3) is 0 Å². The lowest BCUT2D eigenvalue weighted by Gasteiger charge is -2.06. The molecule has 0 bridgehead atoms. The predicted molar refractivity (Wildman–Crippen MR) is 82.9 cm³/mol. The van der Waals surface area contributed by atoms with E-state index in [1.165, 1.54) is 6.07 Å². The summed E-state index contributed by atoms with van der Waals surface area (Å²) in [5, 5.41) is 24.3. The van der Waals surface area contributed by atoms with Crippen LogP contribution in [0.3, 0.4) is 0 Å². The average molecular weight is 405 g/mol. The zero-order valence-electron chi connectivity index (χ0n) is 11.6. The normalized spacial score (nSPS) is 11.7. The van der Waals surface area contributed by atoms with Crippen molar-refractivity contribution in [3.63, 3.8) is 0 Å². The smallest absolute Gasteiger partial charge is 0.417 e. The van der Waals surface area contributed by atoms with Crippen molar-refractivity contribution in [2.24, 2.45) is 5.10 Å². The van der Waals surface area contributed by atoms with E-state index >= 15 is 0 Å². The van der Waals surface area contributed by atoms with Gasteiger partial charge in [-0.3, -0.25) is 15.5 Å². The number of nitro groups is 1. The number of phenols is 1. The highest BCUT2D eigenvalue weighted by atomic mass is 79.9. The second kappa shape index (κ2) is 6.83. The van der Waals surface area contributed by atoms with E-state index in [1.54, 1.807) is 0 Å². The van der Waals surface area contributed by atoms with Gasteiger partial charge in [-0.1, -0.05) is 15.9 Å². The molecule has 2 rings (SSSR count). The molecule has 0 aliphatic rings. The van der Waals surface area contributed by atoms with E-state index in [0.717, 1.165) is 24.4 Å². The molecular weight excluding hydrogens is 397 g/mol. The Morgan fingerprint density at radius 3 is 2.62 bits per heavy atom. The summed E-state index contributed by atoms with van der Waals surface area (Å²) in [6.07, 6.45) is -2.78. The monoisotopic (exact) mass is 404 g/mol. The van der Waals surface area contributed by atoms with Gasteiger partial charge in [0.1, 0.15) is 5.82 Å². The highest BCUT2D eigenvalue weighted by Gasteiger charge is 2.30. The molecule has 0 fully saturated rings. The maximum Gasteiger partial charge on any atom is 0.417 e. The van der Waals surface area contributed by atoms with Crippen molar-refractivity contribution in [3.8, 4) is 5.75 Å². The van der Waals surface area contributed by atoms with Crippen LogP contribution in [-0.4, -0.2) is 21.2 Å². The van der Waals surface area contributed by atoms with E-state index in [2.05, 4.69) is 31.4 Å². The number of nitrogens with zero attached hydrogens (tertiary/aromatic N) is 3. The molecule has 0 saturated carbocycles. The Bertz CT molecular complexity index is 794. The third-order valence-corrected chi connectivity index (χ3v) is 3.21. The van der Waals surface area contributed by atoms with E-state index in [1.807, 2.05) is 0 Å². The maximum absolute atomic E-state index is 12.4. The lowest BCUT2D eigenvalue weighted by molar-refractivity contribution is -0.385. The Hall–Kier alpha value is -2.69. The molecule has 1 aromatic carbocycles. The van der Waals surface area contributed by atoms with Crippen LogP contribution in [0.5, 0.6) is 5.75 Å². The fourth-order valence-electron chi connectivity index (χ4n) is 1.64. The molecule has 2 N–H and O–H groups in total. The number of phenolic OH excluding ortho intramolecular Hbond substituents is 1. The lowest BCUT2D eigenvalue weighted by atomic mass is 10.2. The maximum atomic E-state index is 12.4. The summed E-state index contributed by atoms with van der Waals surface area (Å²) < 4.78 is 37.6. The molecule has 2 aromatic rings. The first-order valence-corrected chi connectivity index (χ1v) is 6.97. The predicted octanol–water partition coefficient (Wildman–Crippen LogP) is 3.92. The van der Waals surface area contributed by atoms with Crippen LogP contribution in [0, 0.1) is 10.1 Å². The Kier molecular flexibility index (Phi) is 5.02. The molecule has 0 radical (unpaired) electrons. The molecule has 24 heavy (non-hydrogen) atoms. The van der Waals surface area contributed by atoms with Crippen LogP contribution in [0.4, 0.5) is 24.7 Å². The number of hydrogen-bond acceptors (Lipinski definition) is 6. The first-order valence-electron chi connectivity index (χ1n) is 6.17. The molecule has 1 aromatic heterocycles. The van der Waals surface area contributed by atoms with Gasteiger partial charge in [-0.2, -0.15) is 18.3 Å². The van der Waals surface area contributed by atoms with Crippen LogP contribution >= 0.6 is 15.9 Å². The Labute approximate surface area is 141 Å². The molecule has 7 nitrogen and oxygen atoms in total. The minimum absolute atomic E-state index is 0.0308. The molecule has 0 aliphatic carbocycles. The highest BCUT2D eigenvalue weighted by molar-refractivity contribution is 9.10. The minimum atomic E-state index is -4.49. The second-order valence-corrected chi connectivity index (χ2v) is 5.34. The minimum Gasteiger partial charge on any atom is -0.502 e. The van der Waals surface area contributed by atoms with Crippen molar-refractivity contribution in [3.05, 3.63) is 56.2 Å². The summed E-state index contributed by atoms with van der Waals surface area (Å²) in [4.78, 5) is 13.6. The van der Waals surface area contributed by atoms with Crippen molar-refractivity contribution in [2.45, 2.75) is 6.18 Å². The number of benzene rings is 1.